The number of rotatable bonds is 0. The van der Waals surface area contributed by atoms with Crippen molar-refractivity contribution in [2.75, 3.05) is 11.5 Å². The lowest BCUT2D eigenvalue weighted by molar-refractivity contribution is 1.39. The van der Waals surface area contributed by atoms with Crippen LogP contribution in [0.1, 0.15) is 16.7 Å². The van der Waals surface area contributed by atoms with Crippen LogP contribution in [0.25, 0.3) is 0 Å². The standard InChI is InChI=1S/C8H11N.C7H9N/c1-6-4-3-5-7(2)8(6)9;1-6-4-2-3-5-7(6)8/h3-5H,9H2,1-2H3;2-5H,8H2,1H3. The van der Waals surface area contributed by atoms with E-state index in [1.807, 2.05) is 63.2 Å². The third-order valence-corrected chi connectivity index (χ3v) is 2.73. The van der Waals surface area contributed by atoms with E-state index in [1.165, 1.54) is 0 Å². The van der Waals surface area contributed by atoms with Gasteiger partial charge in [-0.2, -0.15) is 0 Å². The first-order chi connectivity index (χ1) is 8.02. The van der Waals surface area contributed by atoms with Crippen molar-refractivity contribution in [2.45, 2.75) is 20.8 Å². The molecule has 4 N–H and O–H groups in total. The van der Waals surface area contributed by atoms with Crippen molar-refractivity contribution in [3.8, 4) is 0 Å². The maximum Gasteiger partial charge on any atom is 0.0373 e. The third kappa shape index (κ3) is 3.83. The second-order valence-corrected chi connectivity index (χ2v) is 4.16. The fourth-order valence-electron chi connectivity index (χ4n) is 1.41. The number of aryl methyl sites for hydroxylation is 3. The van der Waals surface area contributed by atoms with Crippen molar-refractivity contribution < 1.29 is 0 Å². The fourth-order valence-corrected chi connectivity index (χ4v) is 1.41. The van der Waals surface area contributed by atoms with Gasteiger partial charge in [-0.25, -0.2) is 0 Å². The molecule has 0 radical (unpaired) electrons. The van der Waals surface area contributed by atoms with Crippen molar-refractivity contribution in [3.05, 3.63) is 59.2 Å². The molecule has 0 atom stereocenters. The van der Waals surface area contributed by atoms with Crippen LogP contribution in [0.5, 0.6) is 0 Å². The normalized spacial score (nSPS) is 9.35. The summed E-state index contributed by atoms with van der Waals surface area (Å²) in [5, 5.41) is 0. The van der Waals surface area contributed by atoms with E-state index in [9.17, 15) is 0 Å². The molecule has 0 aliphatic heterocycles. The Bertz CT molecular complexity index is 449. The van der Waals surface area contributed by atoms with Gasteiger partial charge in [-0.3, -0.25) is 0 Å². The lowest BCUT2D eigenvalue weighted by atomic mass is 10.1. The molecule has 0 unspecified atom stereocenters. The zero-order valence-corrected chi connectivity index (χ0v) is 10.7. The molecule has 2 heteroatoms. The van der Waals surface area contributed by atoms with E-state index < -0.39 is 0 Å². The van der Waals surface area contributed by atoms with Gasteiger partial charge >= 0.3 is 0 Å². The minimum atomic E-state index is 0.868. The Labute approximate surface area is 103 Å². The topological polar surface area (TPSA) is 52.0 Å². The van der Waals surface area contributed by atoms with Crippen LogP contribution >= 0.6 is 0 Å². The predicted octanol–water partition coefficient (Wildman–Crippen LogP) is 3.46. The molecule has 0 bridgehead atoms. The van der Waals surface area contributed by atoms with Crippen LogP contribution in [0, 0.1) is 20.8 Å². The second kappa shape index (κ2) is 5.94. The summed E-state index contributed by atoms with van der Waals surface area (Å²) in [6.45, 7) is 6.03. The molecule has 0 saturated heterocycles. The largest absolute Gasteiger partial charge is 0.399 e. The van der Waals surface area contributed by atoms with Crippen molar-refractivity contribution in [1.29, 1.82) is 0 Å². The van der Waals surface area contributed by atoms with E-state index in [-0.39, 0.29) is 0 Å². The molecule has 2 rings (SSSR count). The van der Waals surface area contributed by atoms with Crippen LogP contribution in [0.2, 0.25) is 0 Å². The highest BCUT2D eigenvalue weighted by Gasteiger charge is 1.92. The van der Waals surface area contributed by atoms with Crippen LogP contribution in [0.3, 0.4) is 0 Å². The molecule has 0 fully saturated rings. The van der Waals surface area contributed by atoms with Crippen LogP contribution in [-0.4, -0.2) is 0 Å². The number of para-hydroxylation sites is 2. The molecule has 0 aliphatic rings. The van der Waals surface area contributed by atoms with Crippen LogP contribution in [0.4, 0.5) is 11.4 Å². The molecule has 90 valence electrons. The Morgan fingerprint density at radius 1 is 0.647 bits per heavy atom. The zero-order chi connectivity index (χ0) is 12.8. The smallest absolute Gasteiger partial charge is 0.0373 e. The van der Waals surface area contributed by atoms with E-state index in [0.29, 0.717) is 0 Å². The average molecular weight is 228 g/mol. The average Bonchev–Trinajstić information content (AvgIpc) is 2.31. The summed E-state index contributed by atoms with van der Waals surface area (Å²) < 4.78 is 0. The summed E-state index contributed by atoms with van der Waals surface area (Å²) in [7, 11) is 0. The van der Waals surface area contributed by atoms with E-state index >= 15 is 0 Å². The lowest BCUT2D eigenvalue weighted by Crippen LogP contribution is -1.91. The highest BCUT2D eigenvalue weighted by atomic mass is 14.6. The number of benzene rings is 2. The van der Waals surface area contributed by atoms with Crippen molar-refractivity contribution >= 4 is 11.4 Å². The molecule has 2 aromatic rings. The lowest BCUT2D eigenvalue weighted by Gasteiger charge is -2.00. The highest BCUT2D eigenvalue weighted by Crippen LogP contribution is 2.13. The van der Waals surface area contributed by atoms with Gasteiger partial charge in [-0.1, -0.05) is 36.4 Å². The molecule has 17 heavy (non-hydrogen) atoms. The van der Waals surface area contributed by atoms with Gasteiger partial charge in [0.15, 0.2) is 0 Å². The van der Waals surface area contributed by atoms with Gasteiger partial charge in [0.2, 0.25) is 0 Å². The summed E-state index contributed by atoms with van der Waals surface area (Å²) in [5.74, 6) is 0. The first-order valence-corrected chi connectivity index (χ1v) is 5.65. The molecule has 2 nitrogen and oxygen atoms in total. The van der Waals surface area contributed by atoms with Gasteiger partial charge < -0.3 is 11.5 Å². The molecule has 0 spiro atoms. The van der Waals surface area contributed by atoms with Gasteiger partial charge in [0.05, 0.1) is 0 Å². The Balaban J connectivity index is 0.000000171. The maximum absolute atomic E-state index is 5.68. The number of anilines is 2. The Morgan fingerprint density at radius 3 is 1.47 bits per heavy atom. The predicted molar refractivity (Wildman–Crippen MR) is 75.9 cm³/mol. The summed E-state index contributed by atoms with van der Waals surface area (Å²) in [5.41, 5.74) is 16.5. The SMILES string of the molecule is Cc1cccc(C)c1N.Cc1ccccc1N. The zero-order valence-electron chi connectivity index (χ0n) is 10.7. The van der Waals surface area contributed by atoms with Crippen LogP contribution in [0.15, 0.2) is 42.5 Å². The van der Waals surface area contributed by atoms with E-state index in [2.05, 4.69) is 0 Å². The van der Waals surface area contributed by atoms with Crippen LogP contribution < -0.4 is 11.5 Å². The number of nitrogen functional groups attached to an aromatic ring is 2. The first kappa shape index (κ1) is 13.1. The maximum atomic E-state index is 5.68. The van der Waals surface area contributed by atoms with Gasteiger partial charge in [-0.15, -0.1) is 0 Å². The van der Waals surface area contributed by atoms with Crippen molar-refractivity contribution in [3.63, 3.8) is 0 Å². The molecule has 0 saturated carbocycles. The van der Waals surface area contributed by atoms with Gasteiger partial charge in [-0.05, 0) is 43.5 Å². The second-order valence-electron chi connectivity index (χ2n) is 4.16. The molecule has 0 aliphatic carbocycles. The van der Waals surface area contributed by atoms with E-state index in [4.69, 9.17) is 11.5 Å². The highest BCUT2D eigenvalue weighted by molar-refractivity contribution is 5.52. The number of hydrogen-bond acceptors (Lipinski definition) is 2. The quantitative estimate of drug-likeness (QED) is 0.678. The summed E-state index contributed by atoms with van der Waals surface area (Å²) in [6, 6.07) is 13.9. The van der Waals surface area contributed by atoms with Gasteiger partial charge in [0.25, 0.3) is 0 Å². The minimum absolute atomic E-state index is 0.868. The Morgan fingerprint density at radius 2 is 1.12 bits per heavy atom. The summed E-state index contributed by atoms with van der Waals surface area (Å²) in [4.78, 5) is 0. The van der Waals surface area contributed by atoms with E-state index in [1.54, 1.807) is 0 Å². The fraction of sp³-hybridized carbons (Fsp3) is 0.200. The summed E-state index contributed by atoms with van der Waals surface area (Å²) in [6.07, 6.45) is 0. The summed E-state index contributed by atoms with van der Waals surface area (Å²) >= 11 is 0. The van der Waals surface area contributed by atoms with E-state index in [0.717, 1.165) is 28.1 Å². The van der Waals surface area contributed by atoms with Crippen molar-refractivity contribution in [1.82, 2.24) is 0 Å². The van der Waals surface area contributed by atoms with Crippen molar-refractivity contribution in [2.24, 2.45) is 0 Å². The van der Waals surface area contributed by atoms with Crippen LogP contribution in [-0.2, 0) is 0 Å². The molecular weight excluding hydrogens is 208 g/mol. The monoisotopic (exact) mass is 228 g/mol. The molecule has 0 heterocycles. The first-order valence-electron chi connectivity index (χ1n) is 5.65. The van der Waals surface area contributed by atoms with Gasteiger partial charge in [0, 0.05) is 11.4 Å². The Hall–Kier alpha value is -1.96. The number of hydrogen-bond donors (Lipinski definition) is 2. The van der Waals surface area contributed by atoms with Gasteiger partial charge in [0.1, 0.15) is 0 Å². The number of nitrogens with two attached hydrogens (primary N) is 2. The third-order valence-electron chi connectivity index (χ3n) is 2.73. The molecule has 0 aromatic heterocycles. The molecule has 0 amide bonds. The minimum Gasteiger partial charge on any atom is -0.399 e. The Kier molecular flexibility index (Phi) is 4.58. The molecule has 2 aromatic carbocycles. The molecular formula is C15H20N2.